The van der Waals surface area contributed by atoms with Gasteiger partial charge in [0.05, 0.1) is 0 Å². The van der Waals surface area contributed by atoms with Crippen LogP contribution in [0.1, 0.15) is 11.1 Å². The standard InChI is InChI=1S/C28H16/c1-3-11-23-21(7-1)17-27-19(9-5-13-25(23)27)15-16-20-10-6-14-26-24-12-4-2-8-22(24)18-28(20)26/h1-14,17-18H. The Morgan fingerprint density at radius 1 is 0.393 bits per heavy atom. The van der Waals surface area contributed by atoms with E-state index >= 15 is 0 Å². The van der Waals surface area contributed by atoms with E-state index in [0.29, 0.717) is 0 Å². The zero-order valence-corrected chi connectivity index (χ0v) is 15.2. The summed E-state index contributed by atoms with van der Waals surface area (Å²) < 4.78 is 0. The highest BCUT2D eigenvalue weighted by molar-refractivity contribution is 5.84. The smallest absolute Gasteiger partial charge is 0.0327 e. The summed E-state index contributed by atoms with van der Waals surface area (Å²) in [5, 5.41) is 4.63. The Balaban J connectivity index is 1.70. The first kappa shape index (κ1) is 15.3. The highest BCUT2D eigenvalue weighted by atomic mass is 14.1. The molecule has 0 nitrogen and oxygen atoms in total. The van der Waals surface area contributed by atoms with Crippen molar-refractivity contribution < 1.29 is 0 Å². The van der Waals surface area contributed by atoms with Gasteiger partial charge in [0.25, 0.3) is 0 Å². The summed E-state index contributed by atoms with van der Waals surface area (Å²) in [5.74, 6) is 0. The molecular weight excluding hydrogens is 336 g/mol. The van der Waals surface area contributed by atoms with Crippen LogP contribution in [0.25, 0.3) is 45.9 Å². The molecule has 0 atom stereocenters. The van der Waals surface area contributed by atoms with Gasteiger partial charge in [0.15, 0.2) is 0 Å². The van der Waals surface area contributed by atoms with Crippen molar-refractivity contribution in [1.82, 2.24) is 0 Å². The van der Waals surface area contributed by atoms with Crippen molar-refractivity contribution in [1.29, 1.82) is 0 Å². The molecular formula is C28H16. The Bertz CT molecular complexity index is 1450. The van der Waals surface area contributed by atoms with Gasteiger partial charge in [-0.2, -0.15) is 0 Å². The highest BCUT2D eigenvalue weighted by Crippen LogP contribution is 2.25. The van der Waals surface area contributed by atoms with Crippen LogP contribution >= 0.6 is 0 Å². The summed E-state index contributed by atoms with van der Waals surface area (Å²) in [7, 11) is 0. The van der Waals surface area contributed by atoms with Crippen molar-refractivity contribution in [2.75, 3.05) is 0 Å². The van der Waals surface area contributed by atoms with E-state index in [9.17, 15) is 0 Å². The lowest BCUT2D eigenvalue weighted by Crippen LogP contribution is -2.25. The van der Waals surface area contributed by atoms with E-state index in [0.717, 1.165) is 10.4 Å². The molecule has 0 radical (unpaired) electrons. The average molecular weight is 352 g/mol. The molecule has 0 amide bonds. The normalized spacial score (nSPS) is 11.9. The van der Waals surface area contributed by atoms with E-state index in [2.05, 4.69) is 109 Å². The molecule has 2 aliphatic rings. The fraction of sp³-hybridized carbons (Fsp3) is 0. The Kier molecular flexibility index (Phi) is 3.18. The maximum Gasteiger partial charge on any atom is 0.0327 e. The van der Waals surface area contributed by atoms with Crippen molar-refractivity contribution >= 4 is 23.6 Å². The first-order valence-corrected chi connectivity index (χ1v) is 9.55. The quantitative estimate of drug-likeness (QED) is 0.393. The van der Waals surface area contributed by atoms with E-state index in [1.165, 1.54) is 43.8 Å². The second-order valence-electron chi connectivity index (χ2n) is 7.25. The molecule has 28 heavy (non-hydrogen) atoms. The minimum absolute atomic E-state index is 1.09. The predicted octanol–water partition coefficient (Wildman–Crippen LogP) is 3.32. The van der Waals surface area contributed by atoms with Crippen molar-refractivity contribution in [2.45, 2.75) is 0 Å². The van der Waals surface area contributed by atoms with Gasteiger partial charge >= 0.3 is 0 Å². The van der Waals surface area contributed by atoms with E-state index in [4.69, 9.17) is 0 Å². The SMILES string of the molecule is C(=C=c1cccc2c1=Cc1ccccc1-2)=c1cccc2c1=Cc1ccccc1-2. The van der Waals surface area contributed by atoms with Gasteiger partial charge in [-0.15, -0.1) is 0 Å². The third kappa shape index (κ3) is 2.20. The average Bonchev–Trinajstić information content (AvgIpc) is 3.31. The number of fused-ring (bicyclic) bond motifs is 6. The van der Waals surface area contributed by atoms with Crippen LogP contribution in [0, 0.1) is 0 Å². The van der Waals surface area contributed by atoms with Crippen LogP contribution in [-0.4, -0.2) is 0 Å². The van der Waals surface area contributed by atoms with Crippen molar-refractivity contribution in [3.63, 3.8) is 0 Å². The molecule has 0 fully saturated rings. The van der Waals surface area contributed by atoms with E-state index in [1.807, 2.05) is 0 Å². The first-order valence-electron chi connectivity index (χ1n) is 9.55. The van der Waals surface area contributed by atoms with E-state index in [1.54, 1.807) is 0 Å². The maximum absolute atomic E-state index is 3.45. The van der Waals surface area contributed by atoms with Gasteiger partial charge in [-0.3, -0.25) is 0 Å². The van der Waals surface area contributed by atoms with Crippen LogP contribution in [0.5, 0.6) is 0 Å². The van der Waals surface area contributed by atoms with Crippen LogP contribution in [0.2, 0.25) is 0 Å². The molecule has 0 N–H and O–H groups in total. The summed E-state index contributed by atoms with van der Waals surface area (Å²) in [4.78, 5) is 0. The number of rotatable bonds is 0. The molecule has 0 heteroatoms. The van der Waals surface area contributed by atoms with Crippen molar-refractivity contribution in [3.05, 3.63) is 117 Å². The number of hydrogen-bond donors (Lipinski definition) is 0. The van der Waals surface area contributed by atoms with Crippen LogP contribution in [0.15, 0.2) is 84.9 Å². The molecule has 0 aliphatic heterocycles. The molecule has 0 saturated heterocycles. The molecule has 0 saturated carbocycles. The first-order chi connectivity index (χ1) is 13.9. The van der Waals surface area contributed by atoms with Gasteiger partial charge in [-0.25, -0.2) is 0 Å². The molecule has 0 aromatic heterocycles. The molecule has 0 unspecified atom stereocenters. The van der Waals surface area contributed by atoms with E-state index in [-0.39, 0.29) is 0 Å². The molecule has 0 heterocycles. The van der Waals surface area contributed by atoms with E-state index < -0.39 is 0 Å². The summed E-state index contributed by atoms with van der Waals surface area (Å²) >= 11 is 0. The van der Waals surface area contributed by atoms with Crippen LogP contribution in [0.3, 0.4) is 0 Å². The Morgan fingerprint density at radius 3 is 1.32 bits per heavy atom. The third-order valence-corrected chi connectivity index (χ3v) is 5.65. The summed E-state index contributed by atoms with van der Waals surface area (Å²) in [6.45, 7) is 0. The molecule has 0 spiro atoms. The molecule has 128 valence electrons. The Hall–Kier alpha value is -3.82. The highest BCUT2D eigenvalue weighted by Gasteiger charge is 2.12. The van der Waals surface area contributed by atoms with Crippen LogP contribution in [0.4, 0.5) is 0 Å². The van der Waals surface area contributed by atoms with Gasteiger partial charge in [-0.1, -0.05) is 84.3 Å². The minimum atomic E-state index is 1.09. The summed E-state index contributed by atoms with van der Waals surface area (Å²) in [6, 6.07) is 29.9. The minimum Gasteiger partial charge on any atom is -0.0616 e. The Labute approximate surface area is 163 Å². The fourth-order valence-corrected chi connectivity index (χ4v) is 4.31. The third-order valence-electron chi connectivity index (χ3n) is 5.65. The monoisotopic (exact) mass is 352 g/mol. The topological polar surface area (TPSA) is 0 Å². The lowest BCUT2D eigenvalue weighted by molar-refractivity contribution is 1.53. The lowest BCUT2D eigenvalue weighted by atomic mass is 10.0. The maximum atomic E-state index is 3.45. The molecule has 6 rings (SSSR count). The van der Waals surface area contributed by atoms with Gasteiger partial charge in [0.2, 0.25) is 0 Å². The number of benzene rings is 4. The Morgan fingerprint density at radius 2 is 0.821 bits per heavy atom. The van der Waals surface area contributed by atoms with Gasteiger partial charge in [0, 0.05) is 10.4 Å². The van der Waals surface area contributed by atoms with Crippen LogP contribution in [-0.2, 0) is 0 Å². The second kappa shape index (κ2) is 5.84. The predicted molar refractivity (Wildman–Crippen MR) is 116 cm³/mol. The van der Waals surface area contributed by atoms with Crippen LogP contribution < -0.4 is 20.9 Å². The fourth-order valence-electron chi connectivity index (χ4n) is 4.31. The second-order valence-corrected chi connectivity index (χ2v) is 7.25. The van der Waals surface area contributed by atoms with Gasteiger partial charge in [0.1, 0.15) is 0 Å². The molecule has 0 bridgehead atoms. The van der Waals surface area contributed by atoms with Gasteiger partial charge in [-0.05, 0) is 68.1 Å². The lowest BCUT2D eigenvalue weighted by Gasteiger charge is -1.99. The largest absolute Gasteiger partial charge is 0.0616 e. The molecule has 4 aromatic carbocycles. The number of hydrogen-bond acceptors (Lipinski definition) is 0. The van der Waals surface area contributed by atoms with Crippen molar-refractivity contribution in [3.8, 4) is 22.3 Å². The zero-order valence-electron chi connectivity index (χ0n) is 15.2. The zero-order chi connectivity index (χ0) is 18.5. The van der Waals surface area contributed by atoms with Gasteiger partial charge < -0.3 is 0 Å². The summed E-state index contributed by atoms with van der Waals surface area (Å²) in [5.41, 5.74) is 14.6. The summed E-state index contributed by atoms with van der Waals surface area (Å²) in [6.07, 6.45) is 4.51. The molecule has 2 aliphatic carbocycles. The molecule has 4 aromatic rings. The van der Waals surface area contributed by atoms with Crippen molar-refractivity contribution in [2.24, 2.45) is 0 Å².